The molecule has 1 aromatic rings. The molecule has 1 aromatic carbocycles. The van der Waals surface area contributed by atoms with Gasteiger partial charge in [-0.3, -0.25) is 9.89 Å². The normalized spacial score (nSPS) is 16.4. The first-order valence-electron chi connectivity index (χ1n) is 10.2. The van der Waals surface area contributed by atoms with E-state index in [2.05, 4.69) is 50.7 Å². The van der Waals surface area contributed by atoms with E-state index in [-0.39, 0.29) is 0 Å². The Bertz CT molecular complexity index is 590. The lowest BCUT2D eigenvalue weighted by molar-refractivity contribution is 0.162. The van der Waals surface area contributed by atoms with Gasteiger partial charge in [0.2, 0.25) is 0 Å². The van der Waals surface area contributed by atoms with E-state index < -0.39 is 0 Å². The van der Waals surface area contributed by atoms with Crippen LogP contribution in [0.2, 0.25) is 0 Å². The minimum Gasteiger partial charge on any atom is -0.497 e. The first kappa shape index (κ1) is 22.5. The van der Waals surface area contributed by atoms with Gasteiger partial charge in [-0.15, -0.1) is 0 Å². The molecule has 0 saturated carbocycles. The van der Waals surface area contributed by atoms with Crippen LogP contribution < -0.4 is 15.4 Å². The molecule has 1 atom stereocenters. The summed E-state index contributed by atoms with van der Waals surface area (Å²) in [7, 11) is 7.37. The largest absolute Gasteiger partial charge is 0.497 e. The molecule has 0 spiro atoms. The minimum atomic E-state index is 0.306. The van der Waals surface area contributed by atoms with Gasteiger partial charge in [0.25, 0.3) is 0 Å². The van der Waals surface area contributed by atoms with Crippen LogP contribution in [0.15, 0.2) is 29.3 Å². The van der Waals surface area contributed by atoms with Crippen molar-refractivity contribution in [3.05, 3.63) is 29.8 Å². The molecule has 1 heterocycles. The molecule has 7 heteroatoms. The van der Waals surface area contributed by atoms with Crippen LogP contribution in [0.1, 0.15) is 24.4 Å². The Labute approximate surface area is 170 Å². The van der Waals surface area contributed by atoms with E-state index in [0.717, 1.165) is 57.6 Å². The number of guanidine groups is 1. The summed E-state index contributed by atoms with van der Waals surface area (Å²) in [6, 6.07) is 8.71. The lowest BCUT2D eigenvalue weighted by Crippen LogP contribution is -2.44. The monoisotopic (exact) mass is 391 g/mol. The van der Waals surface area contributed by atoms with Crippen molar-refractivity contribution in [2.75, 3.05) is 74.2 Å². The van der Waals surface area contributed by atoms with Gasteiger partial charge in [0.05, 0.1) is 19.8 Å². The SMILES string of the molecule is CN=C(NCCN(C)CCOC)NCC(c1cccc(OC)c1)N1CCCC1. The second-order valence-electron chi connectivity index (χ2n) is 7.21. The molecule has 1 aliphatic heterocycles. The van der Waals surface area contributed by atoms with Gasteiger partial charge >= 0.3 is 0 Å². The zero-order valence-corrected chi connectivity index (χ0v) is 17.9. The van der Waals surface area contributed by atoms with Crippen molar-refractivity contribution in [2.24, 2.45) is 4.99 Å². The zero-order chi connectivity index (χ0) is 20.2. The number of hydrogen-bond donors (Lipinski definition) is 2. The van der Waals surface area contributed by atoms with Crippen LogP contribution in [0.5, 0.6) is 5.75 Å². The molecule has 0 aromatic heterocycles. The molecule has 0 radical (unpaired) electrons. The van der Waals surface area contributed by atoms with Crippen molar-refractivity contribution >= 4 is 5.96 Å². The summed E-state index contributed by atoms with van der Waals surface area (Å²) < 4.78 is 10.6. The van der Waals surface area contributed by atoms with Gasteiger partial charge in [-0.05, 0) is 50.7 Å². The summed E-state index contributed by atoms with van der Waals surface area (Å²) in [4.78, 5) is 9.17. The van der Waals surface area contributed by atoms with Gasteiger partial charge in [0.15, 0.2) is 5.96 Å². The van der Waals surface area contributed by atoms with Crippen molar-refractivity contribution in [1.82, 2.24) is 20.4 Å². The summed E-state index contributed by atoms with van der Waals surface area (Å²) in [5.74, 6) is 1.75. The standard InChI is InChI=1S/C21H37N5O2/c1-22-21(23-10-13-25(2)14-15-27-3)24-17-20(26-11-5-6-12-26)18-8-7-9-19(16-18)28-4/h7-9,16,20H,5-6,10-15,17H2,1-4H3,(H2,22,23,24). The molecule has 0 aliphatic carbocycles. The maximum Gasteiger partial charge on any atom is 0.191 e. The quantitative estimate of drug-likeness (QED) is 0.441. The minimum absolute atomic E-state index is 0.306. The predicted octanol–water partition coefficient (Wildman–Crippen LogP) is 1.58. The lowest BCUT2D eigenvalue weighted by atomic mass is 10.1. The zero-order valence-electron chi connectivity index (χ0n) is 17.9. The Hall–Kier alpha value is -1.83. The molecule has 28 heavy (non-hydrogen) atoms. The van der Waals surface area contributed by atoms with E-state index in [1.165, 1.54) is 18.4 Å². The van der Waals surface area contributed by atoms with Crippen molar-refractivity contribution in [1.29, 1.82) is 0 Å². The third kappa shape index (κ3) is 7.30. The fourth-order valence-electron chi connectivity index (χ4n) is 3.50. The van der Waals surface area contributed by atoms with Gasteiger partial charge in [-0.25, -0.2) is 0 Å². The Morgan fingerprint density at radius 2 is 2.00 bits per heavy atom. The molecule has 0 bridgehead atoms. The summed E-state index contributed by atoms with van der Waals surface area (Å²) in [5, 5.41) is 6.92. The van der Waals surface area contributed by atoms with Crippen molar-refractivity contribution < 1.29 is 9.47 Å². The highest BCUT2D eigenvalue weighted by Crippen LogP contribution is 2.27. The number of likely N-dealkylation sites (tertiary alicyclic amines) is 1. The molecular weight excluding hydrogens is 354 g/mol. The first-order chi connectivity index (χ1) is 13.7. The van der Waals surface area contributed by atoms with Crippen LogP contribution in [0.25, 0.3) is 0 Å². The van der Waals surface area contributed by atoms with Gasteiger partial charge in [0, 0.05) is 40.3 Å². The van der Waals surface area contributed by atoms with Crippen molar-refractivity contribution in [2.45, 2.75) is 18.9 Å². The Morgan fingerprint density at radius 1 is 1.21 bits per heavy atom. The highest BCUT2D eigenvalue weighted by Gasteiger charge is 2.24. The van der Waals surface area contributed by atoms with E-state index >= 15 is 0 Å². The van der Waals surface area contributed by atoms with Gasteiger partial charge in [-0.1, -0.05) is 12.1 Å². The molecule has 158 valence electrons. The van der Waals surface area contributed by atoms with E-state index in [9.17, 15) is 0 Å². The lowest BCUT2D eigenvalue weighted by Gasteiger charge is -2.29. The molecule has 7 nitrogen and oxygen atoms in total. The van der Waals surface area contributed by atoms with Crippen molar-refractivity contribution in [3.8, 4) is 5.75 Å². The third-order valence-corrected chi connectivity index (χ3v) is 5.21. The van der Waals surface area contributed by atoms with Crippen LogP contribution in [-0.4, -0.2) is 89.9 Å². The number of hydrogen-bond acceptors (Lipinski definition) is 5. The maximum absolute atomic E-state index is 5.43. The Morgan fingerprint density at radius 3 is 2.68 bits per heavy atom. The number of rotatable bonds is 11. The summed E-state index contributed by atoms with van der Waals surface area (Å²) in [6.07, 6.45) is 2.53. The highest BCUT2D eigenvalue weighted by molar-refractivity contribution is 5.79. The van der Waals surface area contributed by atoms with Crippen LogP contribution >= 0.6 is 0 Å². The van der Waals surface area contributed by atoms with Crippen LogP contribution in [-0.2, 0) is 4.74 Å². The number of aliphatic imine (C=N–C) groups is 1. The van der Waals surface area contributed by atoms with E-state index in [1.54, 1.807) is 14.2 Å². The Balaban J connectivity index is 1.90. The van der Waals surface area contributed by atoms with E-state index in [1.807, 2.05) is 13.1 Å². The van der Waals surface area contributed by atoms with E-state index in [4.69, 9.17) is 9.47 Å². The average molecular weight is 392 g/mol. The van der Waals surface area contributed by atoms with Gasteiger partial charge in [0.1, 0.15) is 5.75 Å². The van der Waals surface area contributed by atoms with Crippen LogP contribution in [0.4, 0.5) is 0 Å². The summed E-state index contributed by atoms with van der Waals surface area (Å²) in [5.41, 5.74) is 1.28. The number of nitrogens with one attached hydrogen (secondary N) is 2. The molecule has 0 amide bonds. The topological polar surface area (TPSA) is 61.4 Å². The second-order valence-corrected chi connectivity index (χ2v) is 7.21. The summed E-state index contributed by atoms with van der Waals surface area (Å²) >= 11 is 0. The highest BCUT2D eigenvalue weighted by atomic mass is 16.5. The molecule has 2 rings (SSSR count). The van der Waals surface area contributed by atoms with Crippen LogP contribution in [0, 0.1) is 0 Å². The number of nitrogens with zero attached hydrogens (tertiary/aromatic N) is 3. The number of likely N-dealkylation sites (N-methyl/N-ethyl adjacent to an activating group) is 1. The smallest absolute Gasteiger partial charge is 0.191 e. The number of benzene rings is 1. The second kappa shape index (κ2) is 12.6. The summed E-state index contributed by atoms with van der Waals surface area (Å²) in [6.45, 7) is 6.55. The average Bonchev–Trinajstić information content (AvgIpc) is 3.25. The third-order valence-electron chi connectivity index (χ3n) is 5.21. The fourth-order valence-corrected chi connectivity index (χ4v) is 3.50. The molecule has 2 N–H and O–H groups in total. The van der Waals surface area contributed by atoms with Gasteiger partial charge in [-0.2, -0.15) is 0 Å². The van der Waals surface area contributed by atoms with Gasteiger partial charge < -0.3 is 25.0 Å². The molecule has 1 saturated heterocycles. The molecule has 1 aliphatic rings. The number of methoxy groups -OCH3 is 2. The number of ether oxygens (including phenoxy) is 2. The first-order valence-corrected chi connectivity index (χ1v) is 10.2. The molecule has 1 unspecified atom stereocenters. The van der Waals surface area contributed by atoms with Crippen molar-refractivity contribution in [3.63, 3.8) is 0 Å². The molecule has 1 fully saturated rings. The Kier molecular flexibility index (Phi) is 10.1. The predicted molar refractivity (Wildman–Crippen MR) is 115 cm³/mol. The molecular formula is C21H37N5O2. The maximum atomic E-state index is 5.43. The fraction of sp³-hybridized carbons (Fsp3) is 0.667. The van der Waals surface area contributed by atoms with E-state index in [0.29, 0.717) is 6.04 Å². The van der Waals surface area contributed by atoms with Crippen LogP contribution in [0.3, 0.4) is 0 Å².